The van der Waals surface area contributed by atoms with Crippen LogP contribution >= 0.6 is 27.3 Å². The van der Waals surface area contributed by atoms with Gasteiger partial charge in [0.1, 0.15) is 5.82 Å². The van der Waals surface area contributed by atoms with Crippen LogP contribution in [-0.2, 0) is 6.42 Å². The number of nitrogens with zero attached hydrogens (tertiary/aromatic N) is 2. The van der Waals surface area contributed by atoms with Gasteiger partial charge in [-0.15, -0.1) is 11.3 Å². The average molecular weight is 327 g/mol. The maximum atomic E-state index is 4.35. The molecule has 0 aliphatic rings. The summed E-state index contributed by atoms with van der Waals surface area (Å²) in [5, 5.41) is 6.27. The second-order valence-electron chi connectivity index (χ2n) is 3.85. The number of halogens is 1. The monoisotopic (exact) mass is 326 g/mol. The van der Waals surface area contributed by atoms with Crippen molar-refractivity contribution in [3.63, 3.8) is 0 Å². The highest BCUT2D eigenvalue weighted by Gasteiger charge is 2.01. The summed E-state index contributed by atoms with van der Waals surface area (Å²) in [5.41, 5.74) is 0.954. The topological polar surface area (TPSA) is 49.8 Å². The summed E-state index contributed by atoms with van der Waals surface area (Å²) in [6.45, 7) is 2.83. The highest BCUT2D eigenvalue weighted by molar-refractivity contribution is 9.11. The van der Waals surface area contributed by atoms with E-state index < -0.39 is 0 Å². The van der Waals surface area contributed by atoms with E-state index in [1.807, 2.05) is 20.0 Å². The third-order valence-electron chi connectivity index (χ3n) is 2.38. The van der Waals surface area contributed by atoms with Crippen molar-refractivity contribution in [2.75, 3.05) is 24.2 Å². The maximum absolute atomic E-state index is 4.35. The highest BCUT2D eigenvalue weighted by Crippen LogP contribution is 2.22. The summed E-state index contributed by atoms with van der Waals surface area (Å²) in [6.07, 6.45) is 0.994. The standard InChI is InChI=1S/C12H15BrN4S/c1-8-7-11(17-12(14-2)16-8)15-6-5-9-3-4-10(13)18-9/h3-4,7H,5-6H2,1-2H3,(H2,14,15,16,17). The summed E-state index contributed by atoms with van der Waals surface area (Å²) in [6, 6.07) is 6.17. The quantitative estimate of drug-likeness (QED) is 0.885. The van der Waals surface area contributed by atoms with E-state index in [2.05, 4.69) is 48.7 Å². The van der Waals surface area contributed by atoms with Crippen molar-refractivity contribution >= 4 is 39.0 Å². The molecule has 6 heteroatoms. The molecule has 0 aliphatic heterocycles. The van der Waals surface area contributed by atoms with Crippen molar-refractivity contribution in [1.82, 2.24) is 9.97 Å². The number of hydrogen-bond acceptors (Lipinski definition) is 5. The van der Waals surface area contributed by atoms with Crippen molar-refractivity contribution < 1.29 is 0 Å². The van der Waals surface area contributed by atoms with Gasteiger partial charge in [0.05, 0.1) is 3.79 Å². The molecule has 0 amide bonds. The molecule has 2 rings (SSSR count). The van der Waals surface area contributed by atoms with E-state index in [1.54, 1.807) is 11.3 Å². The molecule has 0 saturated heterocycles. The minimum atomic E-state index is 0.649. The van der Waals surface area contributed by atoms with Gasteiger partial charge in [-0.05, 0) is 41.4 Å². The molecule has 2 aromatic rings. The molecular formula is C12H15BrN4S. The van der Waals surface area contributed by atoms with Crippen molar-refractivity contribution in [1.29, 1.82) is 0 Å². The van der Waals surface area contributed by atoms with Crippen LogP contribution in [0, 0.1) is 6.92 Å². The number of anilines is 2. The van der Waals surface area contributed by atoms with E-state index in [0.717, 1.165) is 24.5 Å². The zero-order chi connectivity index (χ0) is 13.0. The third-order valence-corrected chi connectivity index (χ3v) is 4.07. The third kappa shape index (κ3) is 3.68. The zero-order valence-electron chi connectivity index (χ0n) is 10.3. The molecule has 96 valence electrons. The molecule has 0 aromatic carbocycles. The molecule has 2 aromatic heterocycles. The SMILES string of the molecule is CNc1nc(C)cc(NCCc2ccc(Br)s2)n1. The van der Waals surface area contributed by atoms with Gasteiger partial charge in [-0.3, -0.25) is 0 Å². The largest absolute Gasteiger partial charge is 0.370 e. The van der Waals surface area contributed by atoms with E-state index in [4.69, 9.17) is 0 Å². The highest BCUT2D eigenvalue weighted by atomic mass is 79.9. The van der Waals surface area contributed by atoms with Gasteiger partial charge in [-0.1, -0.05) is 0 Å². The van der Waals surface area contributed by atoms with Gasteiger partial charge in [0.25, 0.3) is 0 Å². The summed E-state index contributed by atoms with van der Waals surface area (Å²) >= 11 is 5.23. The van der Waals surface area contributed by atoms with Crippen LogP contribution in [0.15, 0.2) is 22.0 Å². The maximum Gasteiger partial charge on any atom is 0.224 e. The van der Waals surface area contributed by atoms with Gasteiger partial charge in [0.15, 0.2) is 0 Å². The van der Waals surface area contributed by atoms with Crippen molar-refractivity contribution in [3.8, 4) is 0 Å². The Labute approximate surface area is 119 Å². The Bertz CT molecular complexity index is 527. The molecule has 0 unspecified atom stereocenters. The number of aryl methyl sites for hydroxylation is 1. The summed E-state index contributed by atoms with van der Waals surface area (Å²) in [7, 11) is 1.82. The molecule has 0 atom stereocenters. The fraction of sp³-hybridized carbons (Fsp3) is 0.333. The lowest BCUT2D eigenvalue weighted by atomic mass is 10.3. The van der Waals surface area contributed by atoms with Crippen LogP contribution in [0.1, 0.15) is 10.6 Å². The lowest BCUT2D eigenvalue weighted by molar-refractivity contribution is 1.01. The second-order valence-corrected chi connectivity index (χ2v) is 6.40. The van der Waals surface area contributed by atoms with Gasteiger partial charge in [0, 0.05) is 30.2 Å². The Balaban J connectivity index is 1.91. The molecule has 0 spiro atoms. The van der Waals surface area contributed by atoms with Crippen LogP contribution in [0.5, 0.6) is 0 Å². The fourth-order valence-corrected chi connectivity index (χ4v) is 3.05. The number of rotatable bonds is 5. The Kier molecular flexibility index (Phi) is 4.54. The van der Waals surface area contributed by atoms with Gasteiger partial charge in [0.2, 0.25) is 5.95 Å². The second kappa shape index (κ2) is 6.15. The molecule has 4 nitrogen and oxygen atoms in total. The molecule has 2 N–H and O–H groups in total. The molecule has 0 aliphatic carbocycles. The van der Waals surface area contributed by atoms with Crippen molar-refractivity contribution in [3.05, 3.63) is 32.6 Å². The predicted octanol–water partition coefficient (Wildman–Crippen LogP) is 3.31. The zero-order valence-corrected chi connectivity index (χ0v) is 12.7. The lowest BCUT2D eigenvalue weighted by Crippen LogP contribution is -2.08. The minimum Gasteiger partial charge on any atom is -0.370 e. The van der Waals surface area contributed by atoms with Crippen molar-refractivity contribution in [2.45, 2.75) is 13.3 Å². The fourth-order valence-electron chi connectivity index (χ4n) is 1.57. The number of aromatic nitrogens is 2. The Morgan fingerprint density at radius 1 is 1.33 bits per heavy atom. The molecule has 0 fully saturated rings. The van der Waals surface area contributed by atoms with Crippen LogP contribution in [0.4, 0.5) is 11.8 Å². The Morgan fingerprint density at radius 3 is 2.83 bits per heavy atom. The molecule has 0 saturated carbocycles. The Hall–Kier alpha value is -1.14. The van der Waals surface area contributed by atoms with Crippen LogP contribution in [0.3, 0.4) is 0 Å². The molecule has 18 heavy (non-hydrogen) atoms. The molecular weight excluding hydrogens is 312 g/mol. The first-order chi connectivity index (χ1) is 8.67. The minimum absolute atomic E-state index is 0.649. The predicted molar refractivity (Wildman–Crippen MR) is 80.5 cm³/mol. The van der Waals surface area contributed by atoms with Gasteiger partial charge in [-0.2, -0.15) is 4.98 Å². The van der Waals surface area contributed by atoms with Crippen LogP contribution in [-0.4, -0.2) is 23.6 Å². The first kappa shape index (κ1) is 13.3. The number of nitrogens with one attached hydrogen (secondary N) is 2. The normalized spacial score (nSPS) is 10.4. The van der Waals surface area contributed by atoms with E-state index in [0.29, 0.717) is 5.95 Å². The molecule has 2 heterocycles. The van der Waals surface area contributed by atoms with Crippen molar-refractivity contribution in [2.24, 2.45) is 0 Å². The van der Waals surface area contributed by atoms with E-state index in [1.165, 1.54) is 8.66 Å². The van der Waals surface area contributed by atoms with Crippen LogP contribution in [0.25, 0.3) is 0 Å². The first-order valence-electron chi connectivity index (χ1n) is 5.69. The van der Waals surface area contributed by atoms with E-state index >= 15 is 0 Å². The number of hydrogen-bond donors (Lipinski definition) is 2. The first-order valence-corrected chi connectivity index (χ1v) is 7.30. The van der Waals surface area contributed by atoms with Gasteiger partial charge >= 0.3 is 0 Å². The lowest BCUT2D eigenvalue weighted by Gasteiger charge is -2.07. The van der Waals surface area contributed by atoms with E-state index in [9.17, 15) is 0 Å². The summed E-state index contributed by atoms with van der Waals surface area (Å²) < 4.78 is 1.17. The van der Waals surface area contributed by atoms with Gasteiger partial charge in [-0.25, -0.2) is 4.98 Å². The smallest absolute Gasteiger partial charge is 0.224 e. The summed E-state index contributed by atoms with van der Waals surface area (Å²) in [5.74, 6) is 1.51. The molecule has 0 bridgehead atoms. The van der Waals surface area contributed by atoms with Crippen LogP contribution < -0.4 is 10.6 Å². The van der Waals surface area contributed by atoms with E-state index in [-0.39, 0.29) is 0 Å². The van der Waals surface area contributed by atoms with Gasteiger partial charge < -0.3 is 10.6 Å². The van der Waals surface area contributed by atoms with Crippen LogP contribution in [0.2, 0.25) is 0 Å². The number of thiophene rings is 1. The molecule has 0 radical (unpaired) electrons. The average Bonchev–Trinajstić information content (AvgIpc) is 2.74. The Morgan fingerprint density at radius 2 is 2.17 bits per heavy atom. The summed E-state index contributed by atoms with van der Waals surface area (Å²) in [4.78, 5) is 9.96.